The van der Waals surface area contributed by atoms with E-state index in [0.717, 1.165) is 74.2 Å². The number of likely N-dealkylation sites (tertiary alicyclic amines) is 1. The van der Waals surface area contributed by atoms with Crippen LogP contribution < -0.4 is 4.90 Å². The van der Waals surface area contributed by atoms with Gasteiger partial charge >= 0.3 is 6.09 Å². The molecule has 0 spiro atoms. The molecule has 4 rings (SSSR count). The molecule has 2 aromatic rings. The van der Waals surface area contributed by atoms with Gasteiger partial charge in [0.1, 0.15) is 12.3 Å². The van der Waals surface area contributed by atoms with Crippen molar-refractivity contribution in [3.8, 4) is 0 Å². The van der Waals surface area contributed by atoms with Crippen molar-refractivity contribution in [3.05, 3.63) is 18.0 Å². The van der Waals surface area contributed by atoms with E-state index >= 15 is 0 Å². The highest BCUT2D eigenvalue weighted by atomic mass is 28.3. The largest absolute Gasteiger partial charge is 0.444 e. The minimum Gasteiger partial charge on any atom is -0.444 e. The minimum absolute atomic E-state index is 0.233. The molecule has 10 heteroatoms. The maximum Gasteiger partial charge on any atom is 0.410 e. The molecule has 0 saturated carbocycles. The van der Waals surface area contributed by atoms with Gasteiger partial charge in [0.15, 0.2) is 5.65 Å². The third-order valence-corrected chi connectivity index (χ3v) is 8.42. The number of hydrogen-bond acceptors (Lipinski definition) is 7. The Bertz CT molecular complexity index is 1030. The van der Waals surface area contributed by atoms with Crippen LogP contribution in [0, 0.1) is 0 Å². The molecule has 200 valence electrons. The number of pyridine rings is 1. The van der Waals surface area contributed by atoms with Crippen molar-refractivity contribution in [2.75, 3.05) is 50.9 Å². The first-order valence-corrected chi connectivity index (χ1v) is 17.0. The van der Waals surface area contributed by atoms with Crippen LogP contribution in [0.4, 0.5) is 10.5 Å². The Morgan fingerprint density at radius 1 is 1.14 bits per heavy atom. The van der Waals surface area contributed by atoms with Crippen LogP contribution in [-0.4, -0.2) is 85.4 Å². The second kappa shape index (κ2) is 11.1. The van der Waals surface area contributed by atoms with E-state index in [1.165, 1.54) is 0 Å². The summed E-state index contributed by atoms with van der Waals surface area (Å²) in [5.41, 5.74) is 2.55. The van der Waals surface area contributed by atoms with E-state index in [1.807, 2.05) is 36.5 Å². The molecule has 1 amide bonds. The molecular weight excluding hydrogens is 474 g/mol. The quantitative estimate of drug-likeness (QED) is 0.389. The molecule has 0 unspecified atom stereocenters. The summed E-state index contributed by atoms with van der Waals surface area (Å²) in [4.78, 5) is 21.5. The second-order valence-electron chi connectivity index (χ2n) is 12.1. The molecule has 0 bridgehead atoms. The van der Waals surface area contributed by atoms with Crippen molar-refractivity contribution in [2.45, 2.75) is 77.5 Å². The number of piperidine rings is 1. The van der Waals surface area contributed by atoms with E-state index < -0.39 is 13.7 Å². The summed E-state index contributed by atoms with van der Waals surface area (Å²) in [6.45, 7) is 18.5. The highest BCUT2D eigenvalue weighted by Crippen LogP contribution is 2.34. The number of carbonyl (C=O) groups is 1. The lowest BCUT2D eigenvalue weighted by Crippen LogP contribution is -2.41. The average molecular weight is 518 g/mol. The van der Waals surface area contributed by atoms with Crippen LogP contribution in [0.15, 0.2) is 12.3 Å². The molecule has 36 heavy (non-hydrogen) atoms. The monoisotopic (exact) mass is 517 g/mol. The highest BCUT2D eigenvalue weighted by Gasteiger charge is 2.30. The predicted molar refractivity (Wildman–Crippen MR) is 144 cm³/mol. The third-order valence-electron chi connectivity index (χ3n) is 6.72. The van der Waals surface area contributed by atoms with Gasteiger partial charge in [-0.05, 0) is 45.7 Å². The van der Waals surface area contributed by atoms with E-state index in [4.69, 9.17) is 24.3 Å². The number of fused-ring (bicyclic) bond motifs is 1. The lowest BCUT2D eigenvalue weighted by molar-refractivity contribution is 0.0204. The van der Waals surface area contributed by atoms with Crippen LogP contribution in [0.3, 0.4) is 0 Å². The number of carbonyl (C=O) groups excluding carboxylic acids is 1. The van der Waals surface area contributed by atoms with Gasteiger partial charge in [-0.15, -0.1) is 0 Å². The van der Waals surface area contributed by atoms with Crippen LogP contribution >= 0.6 is 0 Å². The molecule has 0 atom stereocenters. The first kappa shape index (κ1) is 26.9. The van der Waals surface area contributed by atoms with Gasteiger partial charge in [-0.25, -0.2) is 14.5 Å². The molecule has 0 aliphatic carbocycles. The van der Waals surface area contributed by atoms with Gasteiger partial charge in [-0.2, -0.15) is 5.10 Å². The summed E-state index contributed by atoms with van der Waals surface area (Å²) < 4.78 is 19.1. The first-order valence-electron chi connectivity index (χ1n) is 13.2. The smallest absolute Gasteiger partial charge is 0.410 e. The lowest BCUT2D eigenvalue weighted by atomic mass is 9.92. The van der Waals surface area contributed by atoms with E-state index in [9.17, 15) is 4.79 Å². The van der Waals surface area contributed by atoms with Crippen LogP contribution in [0.25, 0.3) is 11.0 Å². The summed E-state index contributed by atoms with van der Waals surface area (Å²) in [5.74, 6) is 0.260. The van der Waals surface area contributed by atoms with Crippen LogP contribution in [0.1, 0.15) is 45.2 Å². The molecule has 2 aliphatic heterocycles. The van der Waals surface area contributed by atoms with E-state index in [-0.39, 0.29) is 12.0 Å². The van der Waals surface area contributed by atoms with Gasteiger partial charge in [-0.1, -0.05) is 19.6 Å². The second-order valence-corrected chi connectivity index (χ2v) is 17.8. The summed E-state index contributed by atoms with van der Waals surface area (Å²) in [6, 6.07) is 3.35. The maximum atomic E-state index is 12.6. The van der Waals surface area contributed by atoms with Crippen molar-refractivity contribution in [1.29, 1.82) is 0 Å². The fourth-order valence-corrected chi connectivity index (χ4v) is 5.41. The molecular formula is C26H43N5O4Si. The Morgan fingerprint density at radius 3 is 2.47 bits per heavy atom. The minimum atomic E-state index is -1.16. The molecule has 2 aromatic heterocycles. The molecule has 2 fully saturated rings. The molecule has 2 saturated heterocycles. The zero-order valence-corrected chi connectivity index (χ0v) is 23.9. The standard InChI is InChI=1S/C26H43N5O4Si/c1-26(2,3)35-25(32)30-9-7-20(8-10-30)23-22-17-21(29-11-13-33-14-12-29)18-27-24(22)31(28-23)19-34-15-16-36(4,5)6/h17-18,20H,7-16,19H2,1-6H3. The van der Waals surface area contributed by atoms with Gasteiger partial charge < -0.3 is 24.0 Å². The molecule has 2 aliphatic rings. The Labute approximate surface area is 216 Å². The van der Waals surface area contributed by atoms with Crippen molar-refractivity contribution < 1.29 is 19.0 Å². The molecule has 4 heterocycles. The number of ether oxygens (including phenoxy) is 3. The number of amides is 1. The van der Waals surface area contributed by atoms with Crippen molar-refractivity contribution in [1.82, 2.24) is 19.7 Å². The van der Waals surface area contributed by atoms with Crippen molar-refractivity contribution in [3.63, 3.8) is 0 Å². The molecule has 9 nitrogen and oxygen atoms in total. The van der Waals surface area contributed by atoms with Gasteiger partial charge in [0, 0.05) is 52.2 Å². The van der Waals surface area contributed by atoms with Crippen molar-refractivity contribution >= 4 is 30.9 Å². The van der Waals surface area contributed by atoms with Crippen LogP contribution in [0.5, 0.6) is 0 Å². The summed E-state index contributed by atoms with van der Waals surface area (Å²) in [6.07, 6.45) is 3.42. The highest BCUT2D eigenvalue weighted by molar-refractivity contribution is 6.76. The molecule has 0 aromatic carbocycles. The van der Waals surface area contributed by atoms with Crippen molar-refractivity contribution in [2.24, 2.45) is 0 Å². The van der Waals surface area contributed by atoms with Crippen LogP contribution in [-0.2, 0) is 20.9 Å². The number of nitrogens with zero attached hydrogens (tertiary/aromatic N) is 5. The maximum absolute atomic E-state index is 12.6. The van der Waals surface area contributed by atoms with E-state index in [0.29, 0.717) is 19.8 Å². The zero-order valence-electron chi connectivity index (χ0n) is 22.9. The number of hydrogen-bond donors (Lipinski definition) is 0. The average Bonchev–Trinajstić information content (AvgIpc) is 3.19. The number of aromatic nitrogens is 3. The normalized spacial score (nSPS) is 18.2. The predicted octanol–water partition coefficient (Wildman–Crippen LogP) is 4.69. The number of rotatable bonds is 7. The fraction of sp³-hybridized carbons (Fsp3) is 0.731. The Kier molecular flexibility index (Phi) is 8.26. The molecule has 0 radical (unpaired) electrons. The van der Waals surface area contributed by atoms with E-state index in [2.05, 4.69) is 30.6 Å². The Morgan fingerprint density at radius 2 is 1.83 bits per heavy atom. The number of morpholine rings is 1. The topological polar surface area (TPSA) is 82.0 Å². The summed E-state index contributed by atoms with van der Waals surface area (Å²) in [5, 5.41) is 6.11. The SMILES string of the molecule is CC(C)(C)OC(=O)N1CCC(c2nn(COCC[Si](C)(C)C)c3ncc(N4CCOCC4)cc23)CC1. The lowest BCUT2D eigenvalue weighted by Gasteiger charge is -2.33. The number of anilines is 1. The van der Waals surface area contributed by atoms with Gasteiger partial charge in [0.25, 0.3) is 0 Å². The zero-order chi connectivity index (χ0) is 25.9. The van der Waals surface area contributed by atoms with Gasteiger partial charge in [0.2, 0.25) is 0 Å². The summed E-state index contributed by atoms with van der Waals surface area (Å²) >= 11 is 0. The Hall–Kier alpha value is -2.17. The molecule has 0 N–H and O–H groups in total. The first-order chi connectivity index (χ1) is 17.0. The van der Waals surface area contributed by atoms with Crippen LogP contribution in [0.2, 0.25) is 25.7 Å². The fourth-order valence-electron chi connectivity index (χ4n) is 4.65. The third kappa shape index (κ3) is 6.98. The summed E-state index contributed by atoms with van der Waals surface area (Å²) in [7, 11) is -1.16. The van der Waals surface area contributed by atoms with Gasteiger partial charge in [0.05, 0.1) is 30.8 Å². The Balaban J connectivity index is 1.53. The van der Waals surface area contributed by atoms with E-state index in [1.54, 1.807) is 0 Å². The van der Waals surface area contributed by atoms with Gasteiger partial charge in [-0.3, -0.25) is 0 Å².